The lowest BCUT2D eigenvalue weighted by Gasteiger charge is -2.20. The fraction of sp³-hybridized carbons (Fsp3) is 0.318. The van der Waals surface area contributed by atoms with Gasteiger partial charge in [0, 0.05) is 0 Å². The van der Waals surface area contributed by atoms with E-state index in [1.54, 1.807) is 31.2 Å². The van der Waals surface area contributed by atoms with Gasteiger partial charge in [-0.25, -0.2) is 0 Å². The third-order valence-electron chi connectivity index (χ3n) is 4.28. The van der Waals surface area contributed by atoms with Crippen LogP contribution in [0.3, 0.4) is 0 Å². The zero-order chi connectivity index (χ0) is 21.2. The topological polar surface area (TPSA) is 88.1 Å². The van der Waals surface area contributed by atoms with Crippen LogP contribution in [-0.2, 0) is 28.6 Å². The minimum absolute atomic E-state index is 0.112. The van der Waals surface area contributed by atoms with Crippen LogP contribution in [0.2, 0.25) is 0 Å². The van der Waals surface area contributed by atoms with Crippen LogP contribution in [0.25, 0.3) is 0 Å². The van der Waals surface area contributed by atoms with Gasteiger partial charge < -0.3 is 18.9 Å². The van der Waals surface area contributed by atoms with E-state index >= 15 is 0 Å². The summed E-state index contributed by atoms with van der Waals surface area (Å²) in [4.78, 5) is 36.6. The molecule has 0 radical (unpaired) electrons. The van der Waals surface area contributed by atoms with E-state index in [0.717, 1.165) is 0 Å². The first-order chi connectivity index (χ1) is 14.0. The van der Waals surface area contributed by atoms with Crippen LogP contribution in [-0.4, -0.2) is 38.7 Å². The van der Waals surface area contributed by atoms with Crippen molar-refractivity contribution in [1.82, 2.24) is 0 Å². The fourth-order valence-electron chi connectivity index (χ4n) is 2.81. The van der Waals surface area contributed by atoms with Crippen molar-refractivity contribution in [3.05, 3.63) is 60.2 Å². The molecule has 2 unspecified atom stereocenters. The van der Waals surface area contributed by atoms with Gasteiger partial charge in [0.25, 0.3) is 0 Å². The molecule has 7 heteroatoms. The van der Waals surface area contributed by atoms with Crippen molar-refractivity contribution in [1.29, 1.82) is 0 Å². The Hall–Kier alpha value is -3.35. The molecule has 2 aromatic rings. The second kappa shape index (κ2) is 10.8. The van der Waals surface area contributed by atoms with Gasteiger partial charge in [-0.1, -0.05) is 30.3 Å². The molecule has 0 N–H and O–H groups in total. The molecule has 2 rings (SSSR count). The molecule has 154 valence electrons. The van der Waals surface area contributed by atoms with Gasteiger partial charge in [-0.05, 0) is 43.2 Å². The molecule has 29 heavy (non-hydrogen) atoms. The summed E-state index contributed by atoms with van der Waals surface area (Å²) in [7, 11) is 2.43. The molecular formula is C22H24O7. The lowest BCUT2D eigenvalue weighted by molar-refractivity contribution is -0.161. The van der Waals surface area contributed by atoms with Gasteiger partial charge in [-0.3, -0.25) is 14.4 Å². The molecule has 0 heterocycles. The maximum atomic E-state index is 12.4. The third kappa shape index (κ3) is 6.07. The average molecular weight is 400 g/mol. The van der Waals surface area contributed by atoms with Crippen molar-refractivity contribution in [2.75, 3.05) is 20.8 Å². The van der Waals surface area contributed by atoms with Crippen molar-refractivity contribution in [3.63, 3.8) is 0 Å². The molecule has 0 amide bonds. The highest BCUT2D eigenvalue weighted by molar-refractivity contribution is 5.95. The van der Waals surface area contributed by atoms with Gasteiger partial charge in [-0.2, -0.15) is 0 Å². The van der Waals surface area contributed by atoms with Crippen molar-refractivity contribution in [2.45, 2.75) is 19.3 Å². The summed E-state index contributed by atoms with van der Waals surface area (Å²) in [5.41, 5.74) is 0.579. The van der Waals surface area contributed by atoms with Crippen LogP contribution in [0.15, 0.2) is 54.6 Å². The van der Waals surface area contributed by atoms with Crippen molar-refractivity contribution < 1.29 is 33.3 Å². The average Bonchev–Trinajstić information content (AvgIpc) is 2.75. The number of carbonyl (C=O) groups is 3. The van der Waals surface area contributed by atoms with Gasteiger partial charge in [0.1, 0.15) is 11.5 Å². The quantitative estimate of drug-likeness (QED) is 0.362. The Balaban J connectivity index is 2.23. The maximum Gasteiger partial charge on any atom is 0.320 e. The molecule has 0 bridgehead atoms. The molecule has 0 aliphatic carbocycles. The van der Waals surface area contributed by atoms with E-state index in [0.29, 0.717) is 17.1 Å². The summed E-state index contributed by atoms with van der Waals surface area (Å²) < 4.78 is 20.3. The van der Waals surface area contributed by atoms with Crippen LogP contribution in [0, 0.1) is 5.92 Å². The molecular weight excluding hydrogens is 376 g/mol. The van der Waals surface area contributed by atoms with Crippen molar-refractivity contribution in [3.8, 4) is 11.5 Å². The summed E-state index contributed by atoms with van der Waals surface area (Å²) >= 11 is 0. The molecule has 0 saturated carbocycles. The first-order valence-electron chi connectivity index (χ1n) is 9.15. The van der Waals surface area contributed by atoms with Crippen LogP contribution in [0.4, 0.5) is 0 Å². The van der Waals surface area contributed by atoms with Gasteiger partial charge in [0.2, 0.25) is 0 Å². The third-order valence-corrected chi connectivity index (χ3v) is 4.28. The largest absolute Gasteiger partial charge is 0.469 e. The van der Waals surface area contributed by atoms with Crippen LogP contribution in [0.5, 0.6) is 11.5 Å². The van der Waals surface area contributed by atoms with Gasteiger partial charge in [0.15, 0.2) is 5.92 Å². The van der Waals surface area contributed by atoms with Crippen LogP contribution >= 0.6 is 0 Å². The van der Waals surface area contributed by atoms with E-state index in [4.69, 9.17) is 18.9 Å². The van der Waals surface area contributed by atoms with Gasteiger partial charge >= 0.3 is 17.9 Å². The second-order valence-electron chi connectivity index (χ2n) is 6.12. The molecule has 0 spiro atoms. The normalized spacial score (nSPS) is 12.4. The highest BCUT2D eigenvalue weighted by Crippen LogP contribution is 2.29. The first-order valence-corrected chi connectivity index (χ1v) is 9.15. The predicted octanol–water partition coefficient (Wildman–Crippen LogP) is 3.48. The zero-order valence-corrected chi connectivity index (χ0v) is 16.6. The van der Waals surface area contributed by atoms with E-state index in [-0.39, 0.29) is 13.0 Å². The van der Waals surface area contributed by atoms with Crippen LogP contribution in [0.1, 0.15) is 24.8 Å². The summed E-state index contributed by atoms with van der Waals surface area (Å²) in [6.45, 7) is 1.75. The first kappa shape index (κ1) is 21.9. The number of esters is 3. The minimum atomic E-state index is -1.23. The number of benzene rings is 2. The molecule has 0 aromatic heterocycles. The predicted molar refractivity (Wildman–Crippen MR) is 104 cm³/mol. The Morgan fingerprint density at radius 1 is 0.793 bits per heavy atom. The fourth-order valence-corrected chi connectivity index (χ4v) is 2.81. The van der Waals surface area contributed by atoms with Crippen molar-refractivity contribution in [2.24, 2.45) is 5.92 Å². The number of hydrogen-bond donors (Lipinski definition) is 0. The number of hydrogen-bond acceptors (Lipinski definition) is 7. The summed E-state index contributed by atoms with van der Waals surface area (Å²) in [5, 5.41) is 0. The Kier molecular flexibility index (Phi) is 8.21. The lowest BCUT2D eigenvalue weighted by atomic mass is 9.88. The number of ether oxygens (including phenoxy) is 4. The number of methoxy groups -OCH3 is 2. The molecule has 0 aliphatic heterocycles. The Morgan fingerprint density at radius 2 is 1.38 bits per heavy atom. The number of para-hydroxylation sites is 1. The highest BCUT2D eigenvalue weighted by Gasteiger charge is 2.35. The lowest BCUT2D eigenvalue weighted by Crippen LogP contribution is -2.31. The smallest absolute Gasteiger partial charge is 0.320 e. The molecule has 0 aliphatic rings. The highest BCUT2D eigenvalue weighted by atomic mass is 16.5. The van der Waals surface area contributed by atoms with E-state index < -0.39 is 29.7 Å². The maximum absolute atomic E-state index is 12.4. The second-order valence-corrected chi connectivity index (χ2v) is 6.12. The Bertz CT molecular complexity index is 815. The SMILES string of the molecule is CCOC(=O)C(CC(C(=O)OC)c1ccc(Oc2ccccc2)cc1)C(=O)OC. The molecule has 2 atom stereocenters. The molecule has 2 aromatic carbocycles. The molecule has 7 nitrogen and oxygen atoms in total. The van der Waals surface area contributed by atoms with Gasteiger partial charge in [-0.15, -0.1) is 0 Å². The van der Waals surface area contributed by atoms with Crippen LogP contribution < -0.4 is 4.74 Å². The number of carbonyl (C=O) groups excluding carboxylic acids is 3. The van der Waals surface area contributed by atoms with Crippen molar-refractivity contribution >= 4 is 17.9 Å². The van der Waals surface area contributed by atoms with E-state index in [1.807, 2.05) is 30.3 Å². The molecule has 0 saturated heterocycles. The van der Waals surface area contributed by atoms with E-state index in [1.165, 1.54) is 14.2 Å². The van der Waals surface area contributed by atoms with E-state index in [9.17, 15) is 14.4 Å². The summed E-state index contributed by atoms with van der Waals surface area (Å²) in [5.74, 6) is -2.89. The standard InChI is InChI=1S/C22H24O7/c1-4-28-22(25)19(21(24)27-3)14-18(20(23)26-2)15-10-12-17(13-11-15)29-16-8-6-5-7-9-16/h5-13,18-19H,4,14H2,1-3H3. The van der Waals surface area contributed by atoms with Gasteiger partial charge in [0.05, 0.1) is 26.7 Å². The minimum Gasteiger partial charge on any atom is -0.469 e. The Labute approximate surface area is 169 Å². The molecule has 0 fully saturated rings. The summed E-state index contributed by atoms with van der Waals surface area (Å²) in [6.07, 6.45) is -0.128. The number of rotatable bonds is 9. The monoisotopic (exact) mass is 400 g/mol. The Morgan fingerprint density at radius 3 is 1.93 bits per heavy atom. The van der Waals surface area contributed by atoms with E-state index in [2.05, 4.69) is 0 Å². The summed E-state index contributed by atoms with van der Waals surface area (Å²) in [6, 6.07) is 16.1. The zero-order valence-electron chi connectivity index (χ0n) is 16.6.